The van der Waals surface area contributed by atoms with Crippen molar-refractivity contribution in [3.63, 3.8) is 0 Å². The molecule has 4 heterocycles. The number of carbonyl (C=O) groups is 3. The number of rotatable bonds is 20. The molecule has 0 atom stereocenters. The van der Waals surface area contributed by atoms with Crippen molar-refractivity contribution in [3.05, 3.63) is 153 Å². The van der Waals surface area contributed by atoms with E-state index in [9.17, 15) is 40.7 Å². The molecule has 8 N–H and O–H groups in total. The van der Waals surface area contributed by atoms with Gasteiger partial charge in [0.2, 0.25) is 5.91 Å². The van der Waals surface area contributed by atoms with Gasteiger partial charge in [-0.25, -0.2) is 15.0 Å². The van der Waals surface area contributed by atoms with E-state index in [-0.39, 0.29) is 89.0 Å². The summed E-state index contributed by atoms with van der Waals surface area (Å²) in [4.78, 5) is 54.6. The SMILES string of the molecule is COc1c(CNC(C)C)cc(C(F)(F)F)cc1NC(=O)c1ccc(C)c(N2C=C(c3cnc(NC(=O)CCc4ccc(C(=O)Nc5cc(C(F)(F)F)cc(CNC(C)C)c5OC)cc4N4C=C(c5cncnc5)NN4)s3)N(C)N2)c1. The molecule has 8 rings (SSSR count). The second-order valence-corrected chi connectivity index (χ2v) is 20.2. The largest absolute Gasteiger partial charge is 0.494 e. The normalized spacial score (nSPS) is 13.6. The Morgan fingerprint density at radius 3 is 1.81 bits per heavy atom. The molecule has 0 saturated heterocycles. The van der Waals surface area contributed by atoms with Gasteiger partial charge < -0.3 is 41.5 Å². The van der Waals surface area contributed by atoms with Gasteiger partial charge in [-0.2, -0.15) is 26.3 Å². The topological polar surface area (TPSA) is 214 Å². The van der Waals surface area contributed by atoms with E-state index in [1.807, 2.05) is 34.6 Å². The molecule has 0 spiro atoms. The summed E-state index contributed by atoms with van der Waals surface area (Å²) in [5.41, 5.74) is 12.0. The summed E-state index contributed by atoms with van der Waals surface area (Å²) in [6.45, 7) is 9.36. The molecule has 2 aliphatic heterocycles. The number of carbonyl (C=O) groups excluding carboxylic acids is 3. The highest BCUT2D eigenvalue weighted by atomic mass is 32.1. The number of nitrogens with one attached hydrogen (secondary N) is 8. The van der Waals surface area contributed by atoms with Crippen molar-refractivity contribution in [3.8, 4) is 11.5 Å². The first-order valence-corrected chi connectivity index (χ1v) is 25.8. The Morgan fingerprint density at radius 1 is 0.700 bits per heavy atom. The van der Waals surface area contributed by atoms with Gasteiger partial charge >= 0.3 is 12.4 Å². The summed E-state index contributed by atoms with van der Waals surface area (Å²) in [7, 11) is 4.40. The summed E-state index contributed by atoms with van der Waals surface area (Å²) >= 11 is 1.20. The first-order chi connectivity index (χ1) is 38.0. The number of aromatic nitrogens is 3. The monoisotopic (exact) mass is 1130 g/mol. The molecule has 19 nitrogen and oxygen atoms in total. The number of benzene rings is 4. The maximum atomic E-state index is 14.1. The highest BCUT2D eigenvalue weighted by molar-refractivity contribution is 7.16. The van der Waals surface area contributed by atoms with E-state index in [0.717, 1.165) is 29.8 Å². The van der Waals surface area contributed by atoms with Crippen LogP contribution in [0.3, 0.4) is 0 Å². The molecule has 2 aliphatic rings. The fraction of sp³-hybridized carbons (Fsp3) is 0.296. The number of hydrazine groups is 4. The van der Waals surface area contributed by atoms with Gasteiger partial charge in [0.15, 0.2) is 5.13 Å². The Hall–Kier alpha value is -8.30. The molecule has 2 aromatic heterocycles. The van der Waals surface area contributed by atoms with E-state index in [4.69, 9.17) is 9.47 Å². The van der Waals surface area contributed by atoms with Gasteiger partial charge in [0, 0.05) is 97.4 Å². The van der Waals surface area contributed by atoms with E-state index in [0.29, 0.717) is 43.9 Å². The molecule has 0 unspecified atom stereocenters. The fourth-order valence-corrected chi connectivity index (χ4v) is 9.40. The molecule has 0 aliphatic carbocycles. The number of aryl methyl sites for hydroxylation is 2. The minimum absolute atomic E-state index is 0.0312. The third-order valence-electron chi connectivity index (χ3n) is 12.6. The summed E-state index contributed by atoms with van der Waals surface area (Å²) in [6.07, 6.45) is 0.349. The van der Waals surface area contributed by atoms with Crippen LogP contribution >= 0.6 is 11.3 Å². The van der Waals surface area contributed by atoms with Crippen LogP contribution in [-0.4, -0.2) is 71.0 Å². The second-order valence-electron chi connectivity index (χ2n) is 19.2. The third kappa shape index (κ3) is 13.7. The Morgan fingerprint density at radius 2 is 1.26 bits per heavy atom. The number of hydrogen-bond donors (Lipinski definition) is 8. The van der Waals surface area contributed by atoms with Crippen molar-refractivity contribution in [2.24, 2.45) is 0 Å². The van der Waals surface area contributed by atoms with Crippen molar-refractivity contribution < 1.29 is 50.2 Å². The van der Waals surface area contributed by atoms with Gasteiger partial charge in [0.1, 0.15) is 17.8 Å². The number of hydrogen-bond acceptors (Lipinski definition) is 17. The number of ether oxygens (including phenoxy) is 2. The number of nitrogens with zero attached hydrogens (tertiary/aromatic N) is 6. The van der Waals surface area contributed by atoms with Crippen LogP contribution in [0.4, 0.5) is 54.2 Å². The van der Waals surface area contributed by atoms with Gasteiger partial charge in [0.05, 0.1) is 64.4 Å². The molecule has 0 fully saturated rings. The lowest BCUT2D eigenvalue weighted by Crippen LogP contribution is -2.38. The highest BCUT2D eigenvalue weighted by Gasteiger charge is 2.35. The first-order valence-electron chi connectivity index (χ1n) is 24.9. The van der Waals surface area contributed by atoms with Crippen molar-refractivity contribution in [1.29, 1.82) is 0 Å². The number of halogens is 6. The predicted molar refractivity (Wildman–Crippen MR) is 293 cm³/mol. The molecule has 80 heavy (non-hydrogen) atoms. The van der Waals surface area contributed by atoms with Crippen molar-refractivity contribution in [2.75, 3.05) is 47.2 Å². The van der Waals surface area contributed by atoms with Crippen molar-refractivity contribution in [1.82, 2.24) is 47.1 Å². The molecule has 0 saturated carbocycles. The number of anilines is 5. The van der Waals surface area contributed by atoms with E-state index in [1.54, 1.807) is 83.4 Å². The molecule has 6 aromatic rings. The van der Waals surface area contributed by atoms with E-state index in [1.165, 1.54) is 38.0 Å². The lowest BCUT2D eigenvalue weighted by atomic mass is 10.0. The zero-order valence-corrected chi connectivity index (χ0v) is 45.4. The van der Waals surface area contributed by atoms with Gasteiger partial charge in [0.25, 0.3) is 11.8 Å². The Balaban J connectivity index is 0.978. The standard InChI is InChI=1S/C54H58F6N14O5S/c1-29(2)63-23-35-15-38(53(55,56)57)19-40(48(35)78-7)66-50(76)33-10-9-31(5)43(17-33)74-27-45(72(6)71-74)46-25-65-52(80-46)68-47(75)14-13-32-11-12-34(18-44(32)73-26-42(69-70-73)37-21-61-28-62-22-37)51(77)67-41-20-39(54(58,59)60)16-36(49(41)79-8)24-64-30(3)4/h9-12,15-22,25-30,63-64,69-71H,13-14,23-24H2,1-8H3,(H,66,76)(H,67,77)(H,65,68,75). The smallest absolute Gasteiger partial charge is 0.416 e. The van der Waals surface area contributed by atoms with Gasteiger partial charge in [-0.05, 0) is 73.0 Å². The lowest BCUT2D eigenvalue weighted by molar-refractivity contribution is -0.138. The molecule has 26 heteroatoms. The van der Waals surface area contributed by atoms with Crippen LogP contribution < -0.4 is 62.6 Å². The van der Waals surface area contributed by atoms with Crippen molar-refractivity contribution in [2.45, 2.75) is 85.0 Å². The van der Waals surface area contributed by atoms with Crippen molar-refractivity contribution >= 4 is 68.3 Å². The first kappa shape index (κ1) is 57.9. The van der Waals surface area contributed by atoms with Gasteiger partial charge in [-0.1, -0.05) is 51.2 Å². The Kier molecular flexibility index (Phi) is 17.6. The molecule has 0 radical (unpaired) electrons. The fourth-order valence-electron chi connectivity index (χ4n) is 8.52. The third-order valence-corrected chi connectivity index (χ3v) is 13.5. The van der Waals surface area contributed by atoms with Crippen LogP contribution in [0.2, 0.25) is 0 Å². The van der Waals surface area contributed by atoms with Crippen LogP contribution in [0.5, 0.6) is 11.5 Å². The predicted octanol–water partition coefficient (Wildman–Crippen LogP) is 9.37. The number of alkyl halides is 6. The summed E-state index contributed by atoms with van der Waals surface area (Å²) in [5, 5.41) is 19.6. The zero-order valence-electron chi connectivity index (χ0n) is 44.6. The van der Waals surface area contributed by atoms with Crippen LogP contribution in [0.25, 0.3) is 11.4 Å². The van der Waals surface area contributed by atoms with Crippen LogP contribution in [-0.2, 0) is 36.7 Å². The zero-order chi connectivity index (χ0) is 57.6. The average molecular weight is 1130 g/mol. The molecular weight excluding hydrogens is 1070 g/mol. The summed E-state index contributed by atoms with van der Waals surface area (Å²) in [6, 6.07) is 13.2. The summed E-state index contributed by atoms with van der Waals surface area (Å²) < 4.78 is 95.6. The molecule has 0 bridgehead atoms. The Labute approximate surface area is 460 Å². The maximum absolute atomic E-state index is 14.1. The molecular formula is C54H58F6N14O5S. The Bertz CT molecular complexity index is 3330. The summed E-state index contributed by atoms with van der Waals surface area (Å²) in [5.74, 6) is -1.61. The minimum Gasteiger partial charge on any atom is -0.494 e. The average Bonchev–Trinajstić information content (AvgIpc) is 4.28. The quantitative estimate of drug-likeness (QED) is 0.0334. The maximum Gasteiger partial charge on any atom is 0.416 e. The van der Waals surface area contributed by atoms with E-state index >= 15 is 0 Å². The van der Waals surface area contributed by atoms with Crippen LogP contribution in [0, 0.1) is 6.92 Å². The van der Waals surface area contributed by atoms with E-state index in [2.05, 4.69) is 58.0 Å². The second kappa shape index (κ2) is 24.4. The van der Waals surface area contributed by atoms with Crippen LogP contribution in [0.1, 0.15) is 98.7 Å². The van der Waals surface area contributed by atoms with Crippen LogP contribution in [0.15, 0.2) is 98.0 Å². The molecule has 3 amide bonds. The number of methoxy groups -OCH3 is 2. The number of thiazole rings is 1. The van der Waals surface area contributed by atoms with E-state index < -0.39 is 35.3 Å². The van der Waals surface area contributed by atoms with Gasteiger partial charge in [-0.15, -0.1) is 11.1 Å². The lowest BCUT2D eigenvalue weighted by Gasteiger charge is -2.22. The van der Waals surface area contributed by atoms with Gasteiger partial charge in [-0.3, -0.25) is 29.4 Å². The highest BCUT2D eigenvalue weighted by Crippen LogP contribution is 2.41. The molecule has 422 valence electrons. The number of amides is 3. The molecule has 4 aromatic carbocycles. The minimum atomic E-state index is -4.72.